The van der Waals surface area contributed by atoms with Crippen LogP contribution in [0.15, 0.2) is 24.3 Å². The molecule has 2 amide bonds. The molecule has 0 unspecified atom stereocenters. The fourth-order valence-corrected chi connectivity index (χ4v) is 2.96. The molecule has 0 aromatic heterocycles. The molecule has 1 heterocycles. The smallest absolute Gasteiger partial charge is 0.292 e. The van der Waals surface area contributed by atoms with Gasteiger partial charge in [0.05, 0.1) is 10.8 Å². The van der Waals surface area contributed by atoms with E-state index in [1.807, 2.05) is 4.90 Å². The third-order valence-electron chi connectivity index (χ3n) is 4.36. The van der Waals surface area contributed by atoms with Gasteiger partial charge in [-0.15, -0.1) is 0 Å². The molecule has 8 heteroatoms. The molecule has 1 aromatic carbocycles. The highest BCUT2D eigenvalue weighted by Gasteiger charge is 2.41. The van der Waals surface area contributed by atoms with Crippen molar-refractivity contribution in [3.63, 3.8) is 0 Å². The number of benzene rings is 1. The van der Waals surface area contributed by atoms with E-state index in [0.717, 1.165) is 12.8 Å². The van der Waals surface area contributed by atoms with Gasteiger partial charge in [0, 0.05) is 38.2 Å². The molecule has 128 valence electrons. The number of nitro benzene ring substituents is 1. The summed E-state index contributed by atoms with van der Waals surface area (Å²) in [6.07, 6.45) is 2.36. The number of amides is 2. The van der Waals surface area contributed by atoms with Crippen molar-refractivity contribution < 1.29 is 14.5 Å². The van der Waals surface area contributed by atoms with E-state index in [-0.39, 0.29) is 29.8 Å². The first-order valence-corrected chi connectivity index (χ1v) is 8.10. The molecular formula is C16H20N4O4. The minimum atomic E-state index is -0.447. The predicted molar refractivity (Wildman–Crippen MR) is 87.4 cm³/mol. The van der Waals surface area contributed by atoms with E-state index in [9.17, 15) is 19.7 Å². The van der Waals surface area contributed by atoms with Gasteiger partial charge in [-0.05, 0) is 18.9 Å². The highest BCUT2D eigenvalue weighted by atomic mass is 16.6. The van der Waals surface area contributed by atoms with E-state index < -0.39 is 4.92 Å². The van der Waals surface area contributed by atoms with Crippen LogP contribution in [0.25, 0.3) is 0 Å². The van der Waals surface area contributed by atoms with Crippen molar-refractivity contribution in [2.24, 2.45) is 5.92 Å². The Kier molecular flexibility index (Phi) is 4.64. The SMILES string of the molecule is O=C(NCCNc1ccccc1[N+](=O)[O-])[C@@H]1CC(=O)N(C2CC2)C1. The molecule has 0 radical (unpaired) electrons. The molecule has 2 aliphatic rings. The number of carbonyl (C=O) groups excluding carboxylic acids is 2. The van der Waals surface area contributed by atoms with Crippen molar-refractivity contribution in [1.29, 1.82) is 0 Å². The molecule has 0 bridgehead atoms. The van der Waals surface area contributed by atoms with Crippen molar-refractivity contribution in [2.75, 3.05) is 25.0 Å². The molecule has 2 N–H and O–H groups in total. The van der Waals surface area contributed by atoms with Gasteiger partial charge in [0.25, 0.3) is 5.69 Å². The second-order valence-electron chi connectivity index (χ2n) is 6.17. The second kappa shape index (κ2) is 6.86. The van der Waals surface area contributed by atoms with E-state index >= 15 is 0 Å². The number of hydrogen-bond acceptors (Lipinski definition) is 5. The average molecular weight is 332 g/mol. The Labute approximate surface area is 139 Å². The normalized spacial score (nSPS) is 20.1. The van der Waals surface area contributed by atoms with Gasteiger partial charge >= 0.3 is 0 Å². The van der Waals surface area contributed by atoms with Gasteiger partial charge in [-0.2, -0.15) is 0 Å². The zero-order valence-corrected chi connectivity index (χ0v) is 13.2. The van der Waals surface area contributed by atoms with Crippen LogP contribution in [-0.2, 0) is 9.59 Å². The standard InChI is InChI=1S/C16H20N4O4/c21-15-9-11(10-19(15)12-5-6-12)16(22)18-8-7-17-13-3-1-2-4-14(13)20(23)24/h1-4,11-12,17H,5-10H2,(H,18,22)/t11-/m1/s1. The first-order valence-electron chi connectivity index (χ1n) is 8.10. The maximum Gasteiger partial charge on any atom is 0.292 e. The summed E-state index contributed by atoms with van der Waals surface area (Å²) in [4.78, 5) is 36.3. The van der Waals surface area contributed by atoms with E-state index in [1.165, 1.54) is 6.07 Å². The zero-order chi connectivity index (χ0) is 17.1. The fraction of sp³-hybridized carbons (Fsp3) is 0.500. The lowest BCUT2D eigenvalue weighted by Crippen LogP contribution is -2.36. The summed E-state index contributed by atoms with van der Waals surface area (Å²) in [5.41, 5.74) is 0.429. The van der Waals surface area contributed by atoms with E-state index in [0.29, 0.717) is 31.4 Å². The number of nitro groups is 1. The third kappa shape index (κ3) is 3.64. The number of anilines is 1. The minimum Gasteiger partial charge on any atom is -0.378 e. The quantitative estimate of drug-likeness (QED) is 0.442. The summed E-state index contributed by atoms with van der Waals surface area (Å²) in [7, 11) is 0. The maximum absolute atomic E-state index is 12.1. The average Bonchev–Trinajstić information content (AvgIpc) is 3.33. The molecule has 2 fully saturated rings. The Morgan fingerprint density at radius 3 is 2.75 bits per heavy atom. The molecule has 24 heavy (non-hydrogen) atoms. The van der Waals surface area contributed by atoms with Gasteiger partial charge in [0.15, 0.2) is 0 Å². The van der Waals surface area contributed by atoms with Crippen molar-refractivity contribution in [2.45, 2.75) is 25.3 Å². The van der Waals surface area contributed by atoms with Gasteiger partial charge in [-0.25, -0.2) is 0 Å². The van der Waals surface area contributed by atoms with Crippen LogP contribution in [0.4, 0.5) is 11.4 Å². The predicted octanol–water partition coefficient (Wildman–Crippen LogP) is 1.13. The molecule has 1 saturated carbocycles. The lowest BCUT2D eigenvalue weighted by molar-refractivity contribution is -0.384. The van der Waals surface area contributed by atoms with Crippen LogP contribution >= 0.6 is 0 Å². The first-order chi connectivity index (χ1) is 11.6. The van der Waals surface area contributed by atoms with Gasteiger partial charge < -0.3 is 15.5 Å². The lowest BCUT2D eigenvalue weighted by atomic mass is 10.1. The van der Waals surface area contributed by atoms with Crippen molar-refractivity contribution in [1.82, 2.24) is 10.2 Å². The third-order valence-corrected chi connectivity index (χ3v) is 4.36. The summed E-state index contributed by atoms with van der Waals surface area (Å²) in [6, 6.07) is 6.72. The minimum absolute atomic E-state index is 0.00490. The van der Waals surface area contributed by atoms with E-state index in [1.54, 1.807) is 18.2 Å². The molecule has 1 aromatic rings. The highest BCUT2D eigenvalue weighted by Crippen LogP contribution is 2.32. The second-order valence-corrected chi connectivity index (χ2v) is 6.17. The topological polar surface area (TPSA) is 105 Å². The first kappa shape index (κ1) is 16.2. The van der Waals surface area contributed by atoms with Crippen LogP contribution in [0.1, 0.15) is 19.3 Å². The molecule has 1 aliphatic heterocycles. The molecule has 8 nitrogen and oxygen atoms in total. The Morgan fingerprint density at radius 1 is 1.29 bits per heavy atom. The maximum atomic E-state index is 12.1. The van der Waals surface area contributed by atoms with Gasteiger partial charge in [0.1, 0.15) is 5.69 Å². The summed E-state index contributed by atoms with van der Waals surface area (Å²) in [6.45, 7) is 1.23. The molecule has 1 atom stereocenters. The fourth-order valence-electron chi connectivity index (χ4n) is 2.96. The summed E-state index contributed by atoms with van der Waals surface area (Å²) in [5, 5.41) is 16.7. The number of para-hydroxylation sites is 2. The largest absolute Gasteiger partial charge is 0.378 e. The molecule has 1 aliphatic carbocycles. The summed E-state index contributed by atoms with van der Waals surface area (Å²) < 4.78 is 0. The Balaban J connectivity index is 1.43. The lowest BCUT2D eigenvalue weighted by Gasteiger charge is -2.15. The number of rotatable bonds is 7. The molecule has 0 spiro atoms. The zero-order valence-electron chi connectivity index (χ0n) is 13.2. The van der Waals surface area contributed by atoms with Crippen LogP contribution in [0.5, 0.6) is 0 Å². The Bertz CT molecular complexity index is 659. The molecule has 1 saturated heterocycles. The number of nitrogens with one attached hydrogen (secondary N) is 2. The van der Waals surface area contributed by atoms with Crippen LogP contribution in [-0.4, -0.2) is 47.3 Å². The van der Waals surface area contributed by atoms with Gasteiger partial charge in [-0.1, -0.05) is 12.1 Å². The Morgan fingerprint density at radius 2 is 2.04 bits per heavy atom. The van der Waals surface area contributed by atoms with Crippen molar-refractivity contribution >= 4 is 23.2 Å². The summed E-state index contributed by atoms with van der Waals surface area (Å²) >= 11 is 0. The van der Waals surface area contributed by atoms with E-state index in [4.69, 9.17) is 0 Å². The van der Waals surface area contributed by atoms with Gasteiger partial charge in [-0.3, -0.25) is 19.7 Å². The summed E-state index contributed by atoms with van der Waals surface area (Å²) in [5.74, 6) is -0.351. The number of carbonyl (C=O) groups is 2. The van der Waals surface area contributed by atoms with Crippen molar-refractivity contribution in [3.8, 4) is 0 Å². The highest BCUT2D eigenvalue weighted by molar-refractivity contribution is 5.89. The van der Waals surface area contributed by atoms with Crippen LogP contribution in [0.2, 0.25) is 0 Å². The number of likely N-dealkylation sites (tertiary alicyclic amines) is 1. The molecule has 3 rings (SSSR count). The number of hydrogen-bond donors (Lipinski definition) is 2. The van der Waals surface area contributed by atoms with Crippen LogP contribution < -0.4 is 10.6 Å². The molecular weight excluding hydrogens is 312 g/mol. The van der Waals surface area contributed by atoms with Gasteiger partial charge in [0.2, 0.25) is 11.8 Å². The van der Waals surface area contributed by atoms with Crippen LogP contribution in [0, 0.1) is 16.0 Å². The Hall–Kier alpha value is -2.64. The monoisotopic (exact) mass is 332 g/mol. The van der Waals surface area contributed by atoms with E-state index in [2.05, 4.69) is 10.6 Å². The van der Waals surface area contributed by atoms with Crippen molar-refractivity contribution in [3.05, 3.63) is 34.4 Å². The number of nitrogens with zero attached hydrogens (tertiary/aromatic N) is 2. The van der Waals surface area contributed by atoms with Crippen LogP contribution in [0.3, 0.4) is 0 Å².